The van der Waals surface area contributed by atoms with E-state index >= 15 is 0 Å². The van der Waals surface area contributed by atoms with Crippen LogP contribution in [0.15, 0.2) is 60.7 Å². The zero-order valence-corrected chi connectivity index (χ0v) is 20.4. The SMILES string of the molecule is C[C@H](C(=O)NC1CCCC1)N(Cc1ccccc1Cl)C(=O)CN1C(=O)c2cccc3cccc1c23. The number of hydrogen-bond acceptors (Lipinski definition) is 3. The summed E-state index contributed by atoms with van der Waals surface area (Å²) in [6.07, 6.45) is 4.12. The number of carbonyl (C=O) groups excluding carboxylic acids is 3. The van der Waals surface area contributed by atoms with Gasteiger partial charge in [0.1, 0.15) is 12.6 Å². The predicted molar refractivity (Wildman–Crippen MR) is 137 cm³/mol. The van der Waals surface area contributed by atoms with E-state index in [0.717, 1.165) is 47.7 Å². The number of halogens is 1. The molecule has 0 bridgehead atoms. The second-order valence-electron chi connectivity index (χ2n) is 9.35. The maximum absolute atomic E-state index is 13.7. The van der Waals surface area contributed by atoms with Crippen LogP contribution in [0.25, 0.3) is 10.8 Å². The summed E-state index contributed by atoms with van der Waals surface area (Å²) in [6.45, 7) is 1.76. The van der Waals surface area contributed by atoms with Gasteiger partial charge in [0.2, 0.25) is 11.8 Å². The second-order valence-corrected chi connectivity index (χ2v) is 9.76. The monoisotopic (exact) mass is 489 g/mol. The number of hydrogen-bond donors (Lipinski definition) is 1. The van der Waals surface area contributed by atoms with E-state index in [9.17, 15) is 14.4 Å². The molecule has 2 aliphatic rings. The van der Waals surface area contributed by atoms with Crippen LogP contribution in [0.3, 0.4) is 0 Å². The number of amides is 3. The van der Waals surface area contributed by atoms with Gasteiger partial charge in [-0.2, -0.15) is 0 Å². The van der Waals surface area contributed by atoms with Crippen molar-refractivity contribution in [1.29, 1.82) is 0 Å². The zero-order chi connectivity index (χ0) is 24.5. The lowest BCUT2D eigenvalue weighted by molar-refractivity contribution is -0.139. The van der Waals surface area contributed by atoms with Crippen LogP contribution in [0, 0.1) is 0 Å². The van der Waals surface area contributed by atoms with E-state index in [1.165, 1.54) is 9.80 Å². The first-order valence-corrected chi connectivity index (χ1v) is 12.5. The first-order valence-electron chi connectivity index (χ1n) is 12.1. The van der Waals surface area contributed by atoms with Crippen LogP contribution in [-0.4, -0.2) is 41.2 Å². The van der Waals surface area contributed by atoms with Crippen LogP contribution in [-0.2, 0) is 16.1 Å². The third-order valence-electron chi connectivity index (χ3n) is 7.11. The highest BCUT2D eigenvalue weighted by molar-refractivity contribution is 6.31. The molecule has 7 heteroatoms. The Morgan fingerprint density at radius 2 is 1.77 bits per heavy atom. The van der Waals surface area contributed by atoms with Crippen molar-refractivity contribution in [3.63, 3.8) is 0 Å². The summed E-state index contributed by atoms with van der Waals surface area (Å²) in [7, 11) is 0. The van der Waals surface area contributed by atoms with Crippen LogP contribution in [0.4, 0.5) is 5.69 Å². The van der Waals surface area contributed by atoms with E-state index in [2.05, 4.69) is 5.32 Å². The van der Waals surface area contributed by atoms with Gasteiger partial charge in [0.05, 0.1) is 5.69 Å². The van der Waals surface area contributed by atoms with Crippen molar-refractivity contribution in [3.05, 3.63) is 76.8 Å². The average molecular weight is 490 g/mol. The molecule has 0 saturated heterocycles. The Morgan fingerprint density at radius 1 is 1.06 bits per heavy atom. The molecule has 1 aliphatic heterocycles. The van der Waals surface area contributed by atoms with Crippen molar-refractivity contribution in [2.75, 3.05) is 11.4 Å². The number of nitrogens with one attached hydrogen (secondary N) is 1. The lowest BCUT2D eigenvalue weighted by Gasteiger charge is -2.31. The van der Waals surface area contributed by atoms with Gasteiger partial charge in [-0.05, 0) is 48.9 Å². The fourth-order valence-electron chi connectivity index (χ4n) is 5.15. The molecule has 3 amide bonds. The standard InChI is InChI=1S/C28H28ClN3O3/c1-18(27(34)30-21-11-3-4-12-21)31(16-20-8-2-5-14-23(20)29)25(33)17-32-24-15-7-10-19-9-6-13-22(26(19)24)28(32)35/h2,5-10,13-15,18,21H,3-4,11-12,16-17H2,1H3,(H,30,34)/t18-/m1/s1. The molecule has 0 radical (unpaired) electrons. The van der Waals surface area contributed by atoms with Gasteiger partial charge in [-0.1, -0.05) is 66.9 Å². The van der Waals surface area contributed by atoms with Crippen molar-refractivity contribution in [2.24, 2.45) is 0 Å². The summed E-state index contributed by atoms with van der Waals surface area (Å²) in [6, 6.07) is 18.0. The van der Waals surface area contributed by atoms with E-state index in [-0.39, 0.29) is 36.9 Å². The van der Waals surface area contributed by atoms with Crippen LogP contribution in [0.5, 0.6) is 0 Å². The highest BCUT2D eigenvalue weighted by Crippen LogP contribution is 2.37. The Kier molecular flexibility index (Phi) is 6.48. The molecule has 0 unspecified atom stereocenters. The van der Waals surface area contributed by atoms with Crippen molar-refractivity contribution >= 4 is 45.8 Å². The van der Waals surface area contributed by atoms with Gasteiger partial charge in [0.25, 0.3) is 5.91 Å². The highest BCUT2D eigenvalue weighted by atomic mass is 35.5. The summed E-state index contributed by atoms with van der Waals surface area (Å²) in [4.78, 5) is 43.1. The van der Waals surface area contributed by atoms with E-state index < -0.39 is 6.04 Å². The Labute approximate surface area is 209 Å². The molecule has 1 aliphatic carbocycles. The fraction of sp³-hybridized carbons (Fsp3) is 0.321. The van der Waals surface area contributed by atoms with Crippen LogP contribution < -0.4 is 10.2 Å². The molecule has 1 N–H and O–H groups in total. The third-order valence-corrected chi connectivity index (χ3v) is 7.48. The number of carbonyl (C=O) groups is 3. The molecule has 1 atom stereocenters. The van der Waals surface area contributed by atoms with Gasteiger partial charge in [0, 0.05) is 28.6 Å². The topological polar surface area (TPSA) is 69.7 Å². The molecule has 0 spiro atoms. The molecule has 180 valence electrons. The first-order chi connectivity index (χ1) is 16.9. The average Bonchev–Trinajstić information content (AvgIpc) is 3.47. The molecule has 6 nitrogen and oxygen atoms in total. The number of anilines is 1. The Morgan fingerprint density at radius 3 is 2.51 bits per heavy atom. The highest BCUT2D eigenvalue weighted by Gasteiger charge is 2.35. The van der Waals surface area contributed by atoms with E-state index in [1.807, 2.05) is 48.5 Å². The molecule has 1 saturated carbocycles. The summed E-state index contributed by atoms with van der Waals surface area (Å²) in [5.41, 5.74) is 2.06. The summed E-state index contributed by atoms with van der Waals surface area (Å²) >= 11 is 6.40. The molecule has 3 aromatic carbocycles. The van der Waals surface area contributed by atoms with Crippen molar-refractivity contribution in [2.45, 2.75) is 51.2 Å². The van der Waals surface area contributed by atoms with Crippen molar-refractivity contribution < 1.29 is 14.4 Å². The largest absolute Gasteiger partial charge is 0.352 e. The van der Waals surface area contributed by atoms with E-state index in [0.29, 0.717) is 10.6 Å². The first kappa shape index (κ1) is 23.4. The maximum Gasteiger partial charge on any atom is 0.259 e. The quantitative estimate of drug-likeness (QED) is 0.511. The van der Waals surface area contributed by atoms with Gasteiger partial charge in [-0.15, -0.1) is 0 Å². The molecular formula is C28H28ClN3O3. The van der Waals surface area contributed by atoms with Crippen LogP contribution in [0.1, 0.15) is 48.5 Å². The normalized spacial score (nSPS) is 16.1. The van der Waals surface area contributed by atoms with Crippen LogP contribution >= 0.6 is 11.6 Å². The third kappa shape index (κ3) is 4.50. The molecule has 35 heavy (non-hydrogen) atoms. The predicted octanol–water partition coefficient (Wildman–Crippen LogP) is 4.93. The zero-order valence-electron chi connectivity index (χ0n) is 19.7. The van der Waals surface area contributed by atoms with Gasteiger partial charge in [-0.25, -0.2) is 0 Å². The van der Waals surface area contributed by atoms with Crippen LogP contribution in [0.2, 0.25) is 5.02 Å². The minimum absolute atomic E-state index is 0.148. The number of nitrogens with zero attached hydrogens (tertiary/aromatic N) is 2. The molecule has 0 aromatic heterocycles. The Bertz CT molecular complexity index is 1300. The van der Waals surface area contributed by atoms with Gasteiger partial charge < -0.3 is 10.2 Å². The molecule has 1 heterocycles. The van der Waals surface area contributed by atoms with Gasteiger partial charge in [0.15, 0.2) is 0 Å². The lowest BCUT2D eigenvalue weighted by atomic mass is 10.1. The van der Waals surface area contributed by atoms with Crippen molar-refractivity contribution in [3.8, 4) is 0 Å². The summed E-state index contributed by atoms with van der Waals surface area (Å²) in [5, 5.41) is 5.45. The lowest BCUT2D eigenvalue weighted by Crippen LogP contribution is -2.52. The fourth-order valence-corrected chi connectivity index (χ4v) is 5.34. The van der Waals surface area contributed by atoms with E-state index in [4.69, 9.17) is 11.6 Å². The molecule has 3 aromatic rings. The van der Waals surface area contributed by atoms with Gasteiger partial charge in [-0.3, -0.25) is 19.3 Å². The number of rotatable bonds is 7. The summed E-state index contributed by atoms with van der Waals surface area (Å²) < 4.78 is 0. The molecular weight excluding hydrogens is 462 g/mol. The summed E-state index contributed by atoms with van der Waals surface area (Å²) in [5.74, 6) is -0.696. The molecule has 5 rings (SSSR count). The van der Waals surface area contributed by atoms with Gasteiger partial charge >= 0.3 is 0 Å². The Hall–Kier alpha value is -3.38. The molecule has 1 fully saturated rings. The van der Waals surface area contributed by atoms with Crippen molar-refractivity contribution in [1.82, 2.24) is 10.2 Å². The second kappa shape index (κ2) is 9.70. The Balaban J connectivity index is 1.41. The van der Waals surface area contributed by atoms with E-state index in [1.54, 1.807) is 19.1 Å². The maximum atomic E-state index is 13.7. The number of benzene rings is 3. The minimum atomic E-state index is -0.713. The smallest absolute Gasteiger partial charge is 0.259 e. The minimum Gasteiger partial charge on any atom is -0.352 e.